The molecule has 1 aromatic carbocycles. The van der Waals surface area contributed by atoms with Crippen molar-refractivity contribution in [1.82, 2.24) is 24.7 Å². The minimum Gasteiger partial charge on any atom is -0.492 e. The highest BCUT2D eigenvalue weighted by atomic mass is 16.5. The summed E-state index contributed by atoms with van der Waals surface area (Å²) in [4.78, 5) is 16.5. The molecular formula is C24H35N5O. The number of benzene rings is 1. The first-order valence-corrected chi connectivity index (χ1v) is 11.3. The molecule has 0 aliphatic carbocycles. The van der Waals surface area contributed by atoms with Crippen LogP contribution in [0, 0.1) is 0 Å². The van der Waals surface area contributed by atoms with Crippen LogP contribution in [0.2, 0.25) is 0 Å². The Kier molecular flexibility index (Phi) is 6.97. The summed E-state index contributed by atoms with van der Waals surface area (Å²) in [5.41, 5.74) is 2.51. The Morgan fingerprint density at radius 3 is 2.67 bits per heavy atom. The Morgan fingerprint density at radius 1 is 1.10 bits per heavy atom. The van der Waals surface area contributed by atoms with E-state index in [1.165, 1.54) is 24.0 Å². The third-order valence-electron chi connectivity index (χ3n) is 6.27. The summed E-state index contributed by atoms with van der Waals surface area (Å²) < 4.78 is 6.20. The van der Waals surface area contributed by atoms with Crippen molar-refractivity contribution in [3.8, 4) is 5.75 Å². The van der Waals surface area contributed by atoms with Gasteiger partial charge in [0.25, 0.3) is 0 Å². The molecule has 6 heteroatoms. The normalized spacial score (nSPS) is 22.7. The highest BCUT2D eigenvalue weighted by Gasteiger charge is 2.31. The Balaban J connectivity index is 1.47. The van der Waals surface area contributed by atoms with Crippen LogP contribution in [0.1, 0.15) is 36.7 Å². The predicted molar refractivity (Wildman–Crippen MR) is 120 cm³/mol. The first kappa shape index (κ1) is 21.2. The van der Waals surface area contributed by atoms with E-state index >= 15 is 0 Å². The van der Waals surface area contributed by atoms with E-state index < -0.39 is 0 Å². The van der Waals surface area contributed by atoms with Crippen LogP contribution < -0.4 is 4.74 Å². The number of para-hydroxylation sites is 1. The summed E-state index contributed by atoms with van der Waals surface area (Å²) in [5, 5.41) is 0. The lowest BCUT2D eigenvalue weighted by molar-refractivity contribution is 0.0874. The molecular weight excluding hydrogens is 374 g/mol. The third kappa shape index (κ3) is 5.17. The molecule has 1 fully saturated rings. The second-order valence-corrected chi connectivity index (χ2v) is 8.89. The Labute approximate surface area is 180 Å². The number of aryl methyl sites for hydroxylation is 1. The van der Waals surface area contributed by atoms with E-state index in [1.54, 1.807) is 0 Å². The van der Waals surface area contributed by atoms with Gasteiger partial charge in [0.15, 0.2) is 0 Å². The van der Waals surface area contributed by atoms with Gasteiger partial charge in [-0.25, -0.2) is 9.97 Å². The zero-order valence-electron chi connectivity index (χ0n) is 18.6. The predicted octanol–water partition coefficient (Wildman–Crippen LogP) is 2.83. The maximum atomic E-state index is 6.20. The topological polar surface area (TPSA) is 44.7 Å². The fraction of sp³-hybridized carbons (Fsp3) is 0.583. The standard InChI is InChI=1S/C24H35N5O/c1-4-24-25-12-19(13-26-24)14-28-11-7-9-21(28)17-29-15-20-8-5-6-10-23(20)30-18-22(29)16-27(2)3/h5-6,8,10,12-13,21-22H,4,7,9,11,14-18H2,1-3H3/t21-,22-/m0/s1. The van der Waals surface area contributed by atoms with Crippen molar-refractivity contribution in [2.24, 2.45) is 0 Å². The largest absolute Gasteiger partial charge is 0.492 e. The van der Waals surface area contributed by atoms with Gasteiger partial charge < -0.3 is 9.64 Å². The summed E-state index contributed by atoms with van der Waals surface area (Å²) in [5.74, 6) is 1.96. The van der Waals surface area contributed by atoms with Gasteiger partial charge in [-0.1, -0.05) is 25.1 Å². The molecule has 1 aromatic heterocycles. The van der Waals surface area contributed by atoms with E-state index in [0.29, 0.717) is 12.1 Å². The third-order valence-corrected chi connectivity index (χ3v) is 6.27. The average molecular weight is 410 g/mol. The molecule has 162 valence electrons. The van der Waals surface area contributed by atoms with Crippen LogP contribution in [0.4, 0.5) is 0 Å². The van der Waals surface area contributed by atoms with Gasteiger partial charge in [-0.3, -0.25) is 9.80 Å². The molecule has 3 heterocycles. The quantitative estimate of drug-likeness (QED) is 0.701. The lowest BCUT2D eigenvalue weighted by Gasteiger charge is -2.35. The van der Waals surface area contributed by atoms with Gasteiger partial charge in [-0.15, -0.1) is 0 Å². The molecule has 0 amide bonds. The van der Waals surface area contributed by atoms with Crippen molar-refractivity contribution < 1.29 is 4.74 Å². The van der Waals surface area contributed by atoms with Gasteiger partial charge in [-0.05, 0) is 39.5 Å². The van der Waals surface area contributed by atoms with Crippen molar-refractivity contribution in [1.29, 1.82) is 0 Å². The second-order valence-electron chi connectivity index (χ2n) is 8.89. The summed E-state index contributed by atoms with van der Waals surface area (Å²) in [7, 11) is 4.30. The minimum atomic E-state index is 0.391. The van der Waals surface area contributed by atoms with Gasteiger partial charge in [-0.2, -0.15) is 0 Å². The molecule has 4 rings (SSSR count). The minimum absolute atomic E-state index is 0.391. The monoisotopic (exact) mass is 409 g/mol. The lowest BCUT2D eigenvalue weighted by atomic mass is 10.1. The van der Waals surface area contributed by atoms with Crippen molar-refractivity contribution in [2.45, 2.75) is 51.4 Å². The van der Waals surface area contributed by atoms with Crippen LogP contribution in [0.15, 0.2) is 36.7 Å². The SMILES string of the molecule is CCc1ncc(CN2CCC[C@H]2CN2Cc3ccccc3OC[C@@H]2CN(C)C)cn1. The van der Waals surface area contributed by atoms with Crippen molar-refractivity contribution in [2.75, 3.05) is 40.3 Å². The molecule has 1 saturated heterocycles. The van der Waals surface area contributed by atoms with Crippen molar-refractivity contribution >= 4 is 0 Å². The maximum Gasteiger partial charge on any atom is 0.127 e. The fourth-order valence-corrected chi connectivity index (χ4v) is 4.68. The molecule has 0 bridgehead atoms. The number of hydrogen-bond acceptors (Lipinski definition) is 6. The van der Waals surface area contributed by atoms with Crippen LogP contribution in [-0.2, 0) is 19.5 Å². The zero-order chi connectivity index (χ0) is 20.9. The molecule has 0 unspecified atom stereocenters. The molecule has 0 saturated carbocycles. The number of nitrogens with zero attached hydrogens (tertiary/aromatic N) is 5. The van der Waals surface area contributed by atoms with E-state index in [9.17, 15) is 0 Å². The fourth-order valence-electron chi connectivity index (χ4n) is 4.68. The van der Waals surface area contributed by atoms with Crippen LogP contribution >= 0.6 is 0 Å². The summed E-state index contributed by atoms with van der Waals surface area (Å²) in [6.45, 7) is 7.96. The van der Waals surface area contributed by atoms with E-state index in [1.807, 2.05) is 12.4 Å². The van der Waals surface area contributed by atoms with E-state index in [-0.39, 0.29) is 0 Å². The summed E-state index contributed by atoms with van der Waals surface area (Å²) in [6, 6.07) is 9.45. The molecule has 0 spiro atoms. The number of hydrogen-bond donors (Lipinski definition) is 0. The summed E-state index contributed by atoms with van der Waals surface area (Å²) in [6.07, 6.45) is 7.41. The maximum absolute atomic E-state index is 6.20. The van der Waals surface area contributed by atoms with Gasteiger partial charge in [0.05, 0.1) is 6.04 Å². The molecule has 2 aromatic rings. The van der Waals surface area contributed by atoms with Crippen LogP contribution in [-0.4, -0.2) is 77.1 Å². The highest BCUT2D eigenvalue weighted by Crippen LogP contribution is 2.28. The van der Waals surface area contributed by atoms with Gasteiger partial charge in [0.2, 0.25) is 0 Å². The van der Waals surface area contributed by atoms with Gasteiger partial charge >= 0.3 is 0 Å². The summed E-state index contributed by atoms with van der Waals surface area (Å²) >= 11 is 0. The number of ether oxygens (including phenoxy) is 1. The van der Waals surface area contributed by atoms with E-state index in [4.69, 9.17) is 4.74 Å². The van der Waals surface area contributed by atoms with Crippen LogP contribution in [0.3, 0.4) is 0 Å². The zero-order valence-corrected chi connectivity index (χ0v) is 18.6. The Morgan fingerprint density at radius 2 is 1.90 bits per heavy atom. The van der Waals surface area contributed by atoms with Crippen molar-refractivity contribution in [3.05, 3.63) is 53.6 Å². The molecule has 0 radical (unpaired) electrons. The lowest BCUT2D eigenvalue weighted by Crippen LogP contribution is -2.49. The van der Waals surface area contributed by atoms with Gasteiger partial charge in [0, 0.05) is 62.2 Å². The highest BCUT2D eigenvalue weighted by molar-refractivity contribution is 5.34. The van der Waals surface area contributed by atoms with E-state index in [0.717, 1.165) is 57.3 Å². The van der Waals surface area contributed by atoms with Crippen molar-refractivity contribution in [3.63, 3.8) is 0 Å². The molecule has 2 aliphatic heterocycles. The van der Waals surface area contributed by atoms with Crippen LogP contribution in [0.25, 0.3) is 0 Å². The second kappa shape index (κ2) is 9.86. The Bertz CT molecular complexity index is 809. The molecule has 30 heavy (non-hydrogen) atoms. The first-order chi connectivity index (χ1) is 14.6. The molecule has 0 N–H and O–H groups in total. The number of fused-ring (bicyclic) bond motifs is 1. The first-order valence-electron chi connectivity index (χ1n) is 11.3. The average Bonchev–Trinajstić information content (AvgIpc) is 3.10. The number of aromatic nitrogens is 2. The number of likely N-dealkylation sites (tertiary alicyclic amines) is 1. The molecule has 2 aliphatic rings. The number of rotatable bonds is 7. The smallest absolute Gasteiger partial charge is 0.127 e. The van der Waals surface area contributed by atoms with Crippen LogP contribution in [0.5, 0.6) is 5.75 Å². The number of likely N-dealkylation sites (N-methyl/N-ethyl adjacent to an activating group) is 1. The molecule has 2 atom stereocenters. The molecule has 6 nitrogen and oxygen atoms in total. The van der Waals surface area contributed by atoms with E-state index in [2.05, 4.69) is 70.0 Å². The van der Waals surface area contributed by atoms with Gasteiger partial charge in [0.1, 0.15) is 18.2 Å². The Hall–Kier alpha value is -2.02.